The molecule has 2 N–H and O–H groups in total. The first-order valence-corrected chi connectivity index (χ1v) is 7.16. The number of halogens is 1. The summed E-state index contributed by atoms with van der Waals surface area (Å²) in [6, 6.07) is 4.95. The molecule has 1 atom stereocenters. The van der Waals surface area contributed by atoms with Crippen molar-refractivity contribution in [3.05, 3.63) is 35.1 Å². The van der Waals surface area contributed by atoms with Crippen LogP contribution in [0.1, 0.15) is 31.4 Å². The van der Waals surface area contributed by atoms with E-state index in [0.717, 1.165) is 0 Å². The predicted octanol–water partition coefficient (Wildman–Crippen LogP) is 2.46. The van der Waals surface area contributed by atoms with Gasteiger partial charge >= 0.3 is 0 Å². The number of likely N-dealkylation sites (tertiary alicyclic amines) is 1. The number of amides is 1. The van der Waals surface area contributed by atoms with Crippen LogP contribution in [0.2, 0.25) is 0 Å². The van der Waals surface area contributed by atoms with E-state index in [1.165, 1.54) is 0 Å². The van der Waals surface area contributed by atoms with Gasteiger partial charge in [0.05, 0.1) is 0 Å². The van der Waals surface area contributed by atoms with Crippen molar-refractivity contribution in [3.63, 3.8) is 0 Å². The highest BCUT2D eigenvalue weighted by atomic mass is 32.1. The van der Waals surface area contributed by atoms with E-state index in [1.54, 1.807) is 23.1 Å². The highest BCUT2D eigenvalue weighted by Gasteiger charge is 2.31. The maximum absolute atomic E-state index is 14.3. The minimum absolute atomic E-state index is 0.0390. The van der Waals surface area contributed by atoms with Crippen LogP contribution in [0, 0.1) is 17.7 Å². The molecule has 1 saturated heterocycles. The summed E-state index contributed by atoms with van der Waals surface area (Å²) in [6.45, 7) is 5.18. The molecule has 1 aliphatic rings. The molecule has 0 saturated carbocycles. The van der Waals surface area contributed by atoms with Crippen LogP contribution in [0.3, 0.4) is 0 Å². The molecule has 20 heavy (non-hydrogen) atoms. The number of thiocarbonyl (C=S) groups is 1. The third-order valence-corrected chi connectivity index (χ3v) is 4.11. The predicted molar refractivity (Wildman–Crippen MR) is 80.6 cm³/mol. The second-order valence-electron chi connectivity index (χ2n) is 5.63. The lowest BCUT2D eigenvalue weighted by Crippen LogP contribution is -2.26. The highest BCUT2D eigenvalue weighted by molar-refractivity contribution is 7.80. The summed E-state index contributed by atoms with van der Waals surface area (Å²) < 4.78 is 14.3. The summed E-state index contributed by atoms with van der Waals surface area (Å²) >= 11 is 4.83. The van der Waals surface area contributed by atoms with Crippen LogP contribution >= 0.6 is 12.2 Å². The van der Waals surface area contributed by atoms with Gasteiger partial charge in [-0.15, -0.1) is 0 Å². The number of benzene rings is 1. The maximum Gasteiger partial charge on any atom is 0.223 e. The summed E-state index contributed by atoms with van der Waals surface area (Å²) in [5.41, 5.74) is 6.20. The van der Waals surface area contributed by atoms with Crippen molar-refractivity contribution in [3.8, 4) is 0 Å². The Hall–Kier alpha value is -1.49. The highest BCUT2D eigenvalue weighted by Crippen LogP contribution is 2.27. The molecule has 0 spiro atoms. The van der Waals surface area contributed by atoms with Crippen LogP contribution in [0.4, 0.5) is 4.39 Å². The lowest BCUT2D eigenvalue weighted by atomic mass is 9.95. The number of hydrogen-bond acceptors (Lipinski definition) is 2. The van der Waals surface area contributed by atoms with Gasteiger partial charge in [0, 0.05) is 30.6 Å². The zero-order valence-electron chi connectivity index (χ0n) is 11.7. The van der Waals surface area contributed by atoms with Crippen molar-refractivity contribution < 1.29 is 9.18 Å². The van der Waals surface area contributed by atoms with Crippen molar-refractivity contribution in [2.24, 2.45) is 17.6 Å². The summed E-state index contributed by atoms with van der Waals surface area (Å²) in [6.07, 6.45) is 0.550. The van der Waals surface area contributed by atoms with Gasteiger partial charge in [-0.1, -0.05) is 38.2 Å². The number of nitrogens with zero attached hydrogens (tertiary/aromatic N) is 1. The van der Waals surface area contributed by atoms with Crippen LogP contribution in [-0.2, 0) is 11.3 Å². The minimum atomic E-state index is -0.416. The molecule has 1 aromatic carbocycles. The zero-order valence-corrected chi connectivity index (χ0v) is 12.5. The number of nitrogens with two attached hydrogens (primary N) is 1. The fourth-order valence-corrected chi connectivity index (χ4v) is 2.66. The Kier molecular flexibility index (Phi) is 4.38. The summed E-state index contributed by atoms with van der Waals surface area (Å²) in [7, 11) is 0. The monoisotopic (exact) mass is 294 g/mol. The summed E-state index contributed by atoms with van der Waals surface area (Å²) in [5, 5.41) is 0. The maximum atomic E-state index is 14.3. The fraction of sp³-hybridized carbons (Fsp3) is 0.467. The molecule has 0 radical (unpaired) electrons. The average molecular weight is 294 g/mol. The molecule has 2 rings (SSSR count). The first-order valence-electron chi connectivity index (χ1n) is 6.75. The molecule has 108 valence electrons. The molecular weight excluding hydrogens is 275 g/mol. The molecule has 1 heterocycles. The number of hydrogen-bond donors (Lipinski definition) is 1. The molecule has 1 amide bonds. The minimum Gasteiger partial charge on any atom is -0.389 e. The van der Waals surface area contributed by atoms with Gasteiger partial charge in [0.1, 0.15) is 10.8 Å². The van der Waals surface area contributed by atoms with Crippen LogP contribution in [-0.4, -0.2) is 22.3 Å². The Morgan fingerprint density at radius 1 is 1.55 bits per heavy atom. The molecule has 0 bridgehead atoms. The van der Waals surface area contributed by atoms with E-state index in [2.05, 4.69) is 13.8 Å². The molecule has 0 aromatic heterocycles. The van der Waals surface area contributed by atoms with Crippen molar-refractivity contribution >= 4 is 23.1 Å². The van der Waals surface area contributed by atoms with E-state index in [-0.39, 0.29) is 23.0 Å². The van der Waals surface area contributed by atoms with Gasteiger partial charge in [-0.2, -0.15) is 0 Å². The van der Waals surface area contributed by atoms with E-state index < -0.39 is 5.82 Å². The van der Waals surface area contributed by atoms with Gasteiger partial charge in [-0.3, -0.25) is 4.79 Å². The van der Waals surface area contributed by atoms with E-state index in [0.29, 0.717) is 30.4 Å². The average Bonchev–Trinajstić information content (AvgIpc) is 2.73. The van der Waals surface area contributed by atoms with E-state index >= 15 is 0 Å². The third-order valence-electron chi connectivity index (χ3n) is 3.89. The van der Waals surface area contributed by atoms with Crippen molar-refractivity contribution in [1.29, 1.82) is 0 Å². The second kappa shape index (κ2) is 5.87. The second-order valence-corrected chi connectivity index (χ2v) is 6.07. The number of carbonyl (C=O) groups is 1. The van der Waals surface area contributed by atoms with Gasteiger partial charge in [-0.05, 0) is 17.9 Å². The van der Waals surface area contributed by atoms with Crippen molar-refractivity contribution in [1.82, 2.24) is 4.90 Å². The molecule has 1 unspecified atom stereocenters. The fourth-order valence-electron chi connectivity index (χ4n) is 2.50. The van der Waals surface area contributed by atoms with Crippen molar-refractivity contribution in [2.75, 3.05) is 6.54 Å². The quantitative estimate of drug-likeness (QED) is 0.868. The van der Waals surface area contributed by atoms with Gasteiger partial charge in [0.2, 0.25) is 5.91 Å². The summed E-state index contributed by atoms with van der Waals surface area (Å²) in [5.74, 6) is 0.478. The normalized spacial score (nSPS) is 18.9. The Bertz CT molecular complexity index is 545. The first kappa shape index (κ1) is 14.9. The lowest BCUT2D eigenvalue weighted by Gasteiger charge is -2.19. The standard InChI is InChI=1S/C15H19FN2OS/c1-9(2)11-6-13(19)18(8-11)7-10-4-3-5-12(14(10)16)15(17)20/h3-5,9,11H,6-8H2,1-2H3,(H2,17,20). The largest absolute Gasteiger partial charge is 0.389 e. The topological polar surface area (TPSA) is 46.3 Å². The van der Waals surface area contributed by atoms with Crippen LogP contribution in [0.25, 0.3) is 0 Å². The SMILES string of the molecule is CC(C)C1CC(=O)N(Cc2cccc(C(N)=S)c2F)C1. The molecule has 0 aliphatic carbocycles. The molecule has 1 aliphatic heterocycles. The van der Waals surface area contributed by atoms with Crippen LogP contribution in [0.5, 0.6) is 0 Å². The Labute approximate surface area is 123 Å². The van der Waals surface area contributed by atoms with Crippen LogP contribution in [0.15, 0.2) is 18.2 Å². The van der Waals surface area contributed by atoms with Crippen LogP contribution < -0.4 is 5.73 Å². The number of carbonyl (C=O) groups excluding carboxylic acids is 1. The lowest BCUT2D eigenvalue weighted by molar-refractivity contribution is -0.128. The molecule has 1 aromatic rings. The summed E-state index contributed by atoms with van der Waals surface area (Å²) in [4.78, 5) is 13.7. The van der Waals surface area contributed by atoms with Gasteiger partial charge in [0.15, 0.2) is 0 Å². The Morgan fingerprint density at radius 2 is 2.25 bits per heavy atom. The number of rotatable bonds is 4. The van der Waals surface area contributed by atoms with E-state index in [1.807, 2.05) is 0 Å². The van der Waals surface area contributed by atoms with Gasteiger partial charge < -0.3 is 10.6 Å². The smallest absolute Gasteiger partial charge is 0.223 e. The molecular formula is C15H19FN2OS. The molecule has 3 nitrogen and oxygen atoms in total. The van der Waals surface area contributed by atoms with Gasteiger partial charge in [-0.25, -0.2) is 4.39 Å². The van der Waals surface area contributed by atoms with Gasteiger partial charge in [0.25, 0.3) is 0 Å². The van der Waals surface area contributed by atoms with E-state index in [4.69, 9.17) is 18.0 Å². The Morgan fingerprint density at radius 3 is 2.80 bits per heavy atom. The molecule has 5 heteroatoms. The molecule has 1 fully saturated rings. The first-order chi connectivity index (χ1) is 9.40. The Balaban J connectivity index is 2.17. The van der Waals surface area contributed by atoms with Crippen molar-refractivity contribution in [2.45, 2.75) is 26.8 Å². The zero-order chi connectivity index (χ0) is 14.9. The third kappa shape index (κ3) is 2.98. The van der Waals surface area contributed by atoms with E-state index in [9.17, 15) is 9.18 Å².